The minimum absolute atomic E-state index is 0.0637. The molecule has 0 bridgehead atoms. The average Bonchev–Trinajstić information content (AvgIpc) is 2.56. The van der Waals surface area contributed by atoms with Gasteiger partial charge in [-0.25, -0.2) is 4.79 Å². The van der Waals surface area contributed by atoms with Crippen LogP contribution in [0, 0.1) is 0 Å². The number of hydrogen-bond acceptors (Lipinski definition) is 6. The molecule has 0 spiro atoms. The summed E-state index contributed by atoms with van der Waals surface area (Å²) in [6.45, 7) is 8.81. The van der Waals surface area contributed by atoms with E-state index in [1.165, 1.54) is 4.90 Å². The first kappa shape index (κ1) is 21.5. The Bertz CT molecular complexity index is 454. The van der Waals surface area contributed by atoms with E-state index in [9.17, 15) is 10.0 Å². The van der Waals surface area contributed by atoms with Gasteiger partial charge in [0.15, 0.2) is 5.84 Å². The maximum absolute atomic E-state index is 12.4. The number of likely N-dealkylation sites (N-methyl/N-ethyl adjacent to an activating group) is 1. The summed E-state index contributed by atoms with van der Waals surface area (Å²) in [6.07, 6.45) is 2.63. The van der Waals surface area contributed by atoms with E-state index in [1.54, 1.807) is 27.8 Å². The zero-order valence-corrected chi connectivity index (χ0v) is 16.1. The lowest BCUT2D eigenvalue weighted by Gasteiger charge is -2.44. The van der Waals surface area contributed by atoms with E-state index in [4.69, 9.17) is 19.9 Å². The van der Waals surface area contributed by atoms with Crippen LogP contribution in [0.4, 0.5) is 4.79 Å². The summed E-state index contributed by atoms with van der Waals surface area (Å²) in [4.78, 5) is 13.8. The molecule has 146 valence electrons. The van der Waals surface area contributed by atoms with Gasteiger partial charge in [0.2, 0.25) is 0 Å². The van der Waals surface area contributed by atoms with Crippen LogP contribution in [0.5, 0.6) is 0 Å². The van der Waals surface area contributed by atoms with Crippen LogP contribution in [0.2, 0.25) is 0 Å². The summed E-state index contributed by atoms with van der Waals surface area (Å²) in [5.74, 6) is -0.0637. The number of unbranched alkanes of at least 4 members (excludes halogenated alkanes) is 1. The molecule has 2 atom stereocenters. The number of hydrogen-bond donors (Lipinski definition) is 2. The van der Waals surface area contributed by atoms with Crippen molar-refractivity contribution in [2.24, 2.45) is 10.9 Å². The molecule has 1 heterocycles. The Balaban J connectivity index is 2.75. The highest BCUT2D eigenvalue weighted by molar-refractivity contribution is 5.93. The average molecular weight is 359 g/mol. The van der Waals surface area contributed by atoms with Gasteiger partial charge >= 0.3 is 6.09 Å². The van der Waals surface area contributed by atoms with Crippen molar-refractivity contribution < 1.29 is 24.2 Å². The van der Waals surface area contributed by atoms with E-state index >= 15 is 0 Å². The molecule has 1 saturated heterocycles. The van der Waals surface area contributed by atoms with Gasteiger partial charge in [0.1, 0.15) is 11.1 Å². The first-order valence-corrected chi connectivity index (χ1v) is 8.80. The highest BCUT2D eigenvalue weighted by Crippen LogP contribution is 2.30. The van der Waals surface area contributed by atoms with Gasteiger partial charge in [-0.05, 0) is 40.0 Å². The number of carbonyl (C=O) groups excluding carboxylic acids is 1. The number of amidine groups is 1. The standard InChI is InChI=1S/C17H33N3O5/c1-6-7-10-23-11-13-8-9-17(12-24-13,14(18)19-22)20(5)15(21)25-16(2,3)4/h13,22H,6-12H2,1-5H3,(H2,18,19). The predicted molar refractivity (Wildman–Crippen MR) is 94.8 cm³/mol. The molecule has 0 aromatic rings. The first-order valence-electron chi connectivity index (χ1n) is 8.80. The van der Waals surface area contributed by atoms with Gasteiger partial charge < -0.3 is 25.2 Å². The van der Waals surface area contributed by atoms with Crippen molar-refractivity contribution in [2.75, 3.05) is 26.9 Å². The van der Waals surface area contributed by atoms with Crippen molar-refractivity contribution >= 4 is 11.9 Å². The molecule has 2 unspecified atom stereocenters. The Hall–Kier alpha value is -1.54. The molecule has 3 N–H and O–H groups in total. The van der Waals surface area contributed by atoms with Gasteiger partial charge in [0.25, 0.3) is 0 Å². The minimum Gasteiger partial charge on any atom is -0.444 e. The van der Waals surface area contributed by atoms with Crippen molar-refractivity contribution in [1.82, 2.24) is 4.90 Å². The Morgan fingerprint density at radius 1 is 1.48 bits per heavy atom. The number of ether oxygens (including phenoxy) is 3. The van der Waals surface area contributed by atoms with Crippen LogP contribution in [0.25, 0.3) is 0 Å². The van der Waals surface area contributed by atoms with Crippen molar-refractivity contribution in [1.29, 1.82) is 0 Å². The Morgan fingerprint density at radius 2 is 2.16 bits per heavy atom. The number of nitrogens with two attached hydrogens (primary N) is 1. The third-order valence-electron chi connectivity index (χ3n) is 4.28. The molecule has 25 heavy (non-hydrogen) atoms. The van der Waals surface area contributed by atoms with Gasteiger partial charge in [-0.3, -0.25) is 4.90 Å². The zero-order valence-electron chi connectivity index (χ0n) is 16.1. The summed E-state index contributed by atoms with van der Waals surface area (Å²) in [5.41, 5.74) is 4.24. The molecule has 0 saturated carbocycles. The molecular formula is C17H33N3O5. The van der Waals surface area contributed by atoms with Gasteiger partial charge in [-0.2, -0.15) is 0 Å². The van der Waals surface area contributed by atoms with Gasteiger partial charge in [0.05, 0.1) is 19.3 Å². The van der Waals surface area contributed by atoms with Crippen LogP contribution in [-0.2, 0) is 14.2 Å². The Morgan fingerprint density at radius 3 is 2.64 bits per heavy atom. The normalized spacial score (nSPS) is 24.8. The smallest absolute Gasteiger partial charge is 0.410 e. The van der Waals surface area contributed by atoms with Crippen LogP contribution in [0.1, 0.15) is 53.4 Å². The van der Waals surface area contributed by atoms with Crippen molar-refractivity contribution in [2.45, 2.75) is 70.6 Å². The third-order valence-corrected chi connectivity index (χ3v) is 4.28. The number of rotatable bonds is 7. The van der Waals surface area contributed by atoms with Crippen molar-refractivity contribution in [3.8, 4) is 0 Å². The molecule has 1 aliphatic heterocycles. The largest absolute Gasteiger partial charge is 0.444 e. The number of nitrogens with zero attached hydrogens (tertiary/aromatic N) is 2. The van der Waals surface area contributed by atoms with Crippen LogP contribution >= 0.6 is 0 Å². The summed E-state index contributed by atoms with van der Waals surface area (Å²) < 4.78 is 16.9. The monoisotopic (exact) mass is 359 g/mol. The molecule has 8 heteroatoms. The molecule has 0 aromatic heterocycles. The van der Waals surface area contributed by atoms with E-state index in [0.29, 0.717) is 26.1 Å². The maximum Gasteiger partial charge on any atom is 0.410 e. The highest BCUT2D eigenvalue weighted by atomic mass is 16.6. The summed E-state index contributed by atoms with van der Waals surface area (Å²) in [5, 5.41) is 12.3. The number of oxime groups is 1. The molecule has 1 fully saturated rings. The summed E-state index contributed by atoms with van der Waals surface area (Å²) >= 11 is 0. The van der Waals surface area contributed by atoms with Crippen LogP contribution in [0.15, 0.2) is 5.16 Å². The zero-order chi connectivity index (χ0) is 19.1. The SMILES string of the molecule is CCCCOCC1CCC(/C(N)=N/O)(N(C)C(=O)OC(C)(C)C)CO1. The second-order valence-electron chi connectivity index (χ2n) is 7.46. The van der Waals surface area contributed by atoms with E-state index in [1.807, 2.05) is 0 Å². The van der Waals surface area contributed by atoms with Crippen LogP contribution < -0.4 is 5.73 Å². The molecule has 1 amide bonds. The van der Waals surface area contributed by atoms with E-state index in [-0.39, 0.29) is 18.5 Å². The lowest BCUT2D eigenvalue weighted by atomic mass is 9.87. The quantitative estimate of drug-likeness (QED) is 0.237. The third kappa shape index (κ3) is 6.04. The second-order valence-corrected chi connectivity index (χ2v) is 7.46. The van der Waals surface area contributed by atoms with Gasteiger partial charge in [-0.1, -0.05) is 18.5 Å². The van der Waals surface area contributed by atoms with E-state index in [0.717, 1.165) is 12.8 Å². The lowest BCUT2D eigenvalue weighted by molar-refractivity contribution is -0.0867. The molecule has 0 radical (unpaired) electrons. The Labute approximate surface area is 150 Å². The number of carbonyl (C=O) groups is 1. The topological polar surface area (TPSA) is 107 Å². The van der Waals surface area contributed by atoms with Gasteiger partial charge in [-0.15, -0.1) is 0 Å². The van der Waals surface area contributed by atoms with Crippen LogP contribution in [0.3, 0.4) is 0 Å². The molecule has 0 aliphatic carbocycles. The second kappa shape index (κ2) is 9.24. The van der Waals surface area contributed by atoms with Crippen LogP contribution in [-0.4, -0.2) is 66.1 Å². The molecular weight excluding hydrogens is 326 g/mol. The van der Waals surface area contributed by atoms with E-state index < -0.39 is 17.2 Å². The summed E-state index contributed by atoms with van der Waals surface area (Å²) in [7, 11) is 1.58. The predicted octanol–water partition coefficient (Wildman–Crippen LogP) is 2.33. The van der Waals surface area contributed by atoms with Crippen molar-refractivity contribution in [3.05, 3.63) is 0 Å². The molecule has 0 aromatic carbocycles. The lowest BCUT2D eigenvalue weighted by Crippen LogP contribution is -2.64. The molecule has 8 nitrogen and oxygen atoms in total. The van der Waals surface area contributed by atoms with Crippen molar-refractivity contribution in [3.63, 3.8) is 0 Å². The highest BCUT2D eigenvalue weighted by Gasteiger charge is 2.47. The molecule has 1 aliphatic rings. The minimum atomic E-state index is -1.03. The fraction of sp³-hybridized carbons (Fsp3) is 0.882. The fourth-order valence-corrected chi connectivity index (χ4v) is 2.64. The van der Waals surface area contributed by atoms with Gasteiger partial charge in [0, 0.05) is 13.7 Å². The maximum atomic E-state index is 12.4. The van der Waals surface area contributed by atoms with E-state index in [2.05, 4.69) is 12.1 Å². The number of amides is 1. The molecule has 1 rings (SSSR count). The summed E-state index contributed by atoms with van der Waals surface area (Å²) in [6, 6.07) is 0. The Kier molecular flexibility index (Phi) is 7.95. The fourth-order valence-electron chi connectivity index (χ4n) is 2.64. The first-order chi connectivity index (χ1) is 11.7.